The molecule has 1 rings (SSSR count). The molecular weight excluding hydrogens is 173 g/mol. The number of carbonyl (C=O) groups is 1. The van der Waals surface area contributed by atoms with Crippen molar-refractivity contribution >= 4 is 17.3 Å². The number of nitrogens with one attached hydrogen (secondary N) is 1. The Morgan fingerprint density at radius 2 is 2.23 bits per heavy atom. The zero-order valence-corrected chi connectivity index (χ0v) is 6.88. The molecule has 1 aromatic carbocycles. The lowest BCUT2D eigenvalue weighted by atomic mass is 10.2. The number of amides is 1. The van der Waals surface area contributed by atoms with Crippen LogP contribution >= 0.6 is 0 Å². The Balaban J connectivity index is 2.77. The van der Waals surface area contributed by atoms with Crippen LogP contribution in [-0.2, 0) is 4.79 Å². The third kappa shape index (κ3) is 2.33. The van der Waals surface area contributed by atoms with Crippen molar-refractivity contribution in [3.63, 3.8) is 0 Å². The van der Waals surface area contributed by atoms with Crippen LogP contribution in [0.5, 0.6) is 0 Å². The molecule has 5 heteroatoms. The third-order valence-corrected chi connectivity index (χ3v) is 1.51. The fraction of sp³-hybridized carbons (Fsp3) is 0.125. The monoisotopic (exact) mass is 183 g/mol. The maximum absolute atomic E-state index is 12.8. The smallest absolute Gasteiger partial charge is 0.236 e. The number of hydrogen-bond acceptors (Lipinski definition) is 3. The Morgan fingerprint density at radius 1 is 1.54 bits per heavy atom. The molecule has 13 heavy (non-hydrogen) atoms. The number of halogens is 1. The molecule has 0 bridgehead atoms. The second kappa shape index (κ2) is 3.75. The number of carbonyl (C=O) groups excluding carboxylic acids is 1. The Kier molecular flexibility index (Phi) is 2.69. The molecule has 0 saturated heterocycles. The highest BCUT2D eigenvalue weighted by atomic mass is 19.1. The summed E-state index contributed by atoms with van der Waals surface area (Å²) in [6.45, 7) is -0.0619. The average molecular weight is 183 g/mol. The highest BCUT2D eigenvalue weighted by Crippen LogP contribution is 2.20. The van der Waals surface area contributed by atoms with Crippen molar-refractivity contribution in [3.05, 3.63) is 24.0 Å². The van der Waals surface area contributed by atoms with Gasteiger partial charge in [0.2, 0.25) is 5.91 Å². The molecule has 0 unspecified atom stereocenters. The summed E-state index contributed by atoms with van der Waals surface area (Å²) >= 11 is 0. The lowest BCUT2D eigenvalue weighted by molar-refractivity contribution is -0.116. The zero-order valence-electron chi connectivity index (χ0n) is 6.88. The molecule has 0 radical (unpaired) electrons. The Morgan fingerprint density at radius 3 is 2.85 bits per heavy atom. The van der Waals surface area contributed by atoms with E-state index in [2.05, 4.69) is 5.32 Å². The molecule has 0 atom stereocenters. The number of para-hydroxylation sites is 1. The molecule has 0 aliphatic rings. The predicted octanol–water partition coefficient (Wildman–Crippen LogP) is 0.305. The van der Waals surface area contributed by atoms with Crippen LogP contribution in [0.2, 0.25) is 0 Å². The van der Waals surface area contributed by atoms with Gasteiger partial charge in [0, 0.05) is 0 Å². The minimum Gasteiger partial charge on any atom is -0.395 e. The van der Waals surface area contributed by atoms with E-state index in [1.54, 1.807) is 6.07 Å². The van der Waals surface area contributed by atoms with E-state index in [-0.39, 0.29) is 12.2 Å². The normalized spacial score (nSPS) is 9.62. The van der Waals surface area contributed by atoms with Crippen LogP contribution < -0.4 is 16.8 Å². The van der Waals surface area contributed by atoms with Gasteiger partial charge in [-0.25, -0.2) is 4.39 Å². The first-order valence-electron chi connectivity index (χ1n) is 3.67. The first-order chi connectivity index (χ1) is 6.11. The molecule has 4 nitrogen and oxygen atoms in total. The topological polar surface area (TPSA) is 81.1 Å². The second-order valence-corrected chi connectivity index (χ2v) is 2.52. The van der Waals surface area contributed by atoms with Gasteiger partial charge in [-0.3, -0.25) is 4.79 Å². The zero-order chi connectivity index (χ0) is 9.84. The summed E-state index contributed by atoms with van der Waals surface area (Å²) in [5.41, 5.74) is 10.6. The molecule has 5 N–H and O–H groups in total. The van der Waals surface area contributed by atoms with Gasteiger partial charge in [0.15, 0.2) is 0 Å². The largest absolute Gasteiger partial charge is 0.395 e. The number of primary amides is 1. The predicted molar refractivity (Wildman–Crippen MR) is 48.5 cm³/mol. The van der Waals surface area contributed by atoms with Crippen molar-refractivity contribution in [2.75, 3.05) is 17.6 Å². The maximum Gasteiger partial charge on any atom is 0.236 e. The van der Waals surface area contributed by atoms with Crippen LogP contribution in [0.3, 0.4) is 0 Å². The summed E-state index contributed by atoms with van der Waals surface area (Å²) in [4.78, 5) is 10.4. The number of benzene rings is 1. The van der Waals surface area contributed by atoms with E-state index in [0.29, 0.717) is 5.69 Å². The average Bonchev–Trinajstić information content (AvgIpc) is 2.07. The summed E-state index contributed by atoms with van der Waals surface area (Å²) < 4.78 is 12.8. The third-order valence-electron chi connectivity index (χ3n) is 1.51. The van der Waals surface area contributed by atoms with Gasteiger partial charge in [-0.15, -0.1) is 0 Å². The van der Waals surface area contributed by atoms with Crippen LogP contribution in [0.15, 0.2) is 18.2 Å². The van der Waals surface area contributed by atoms with Gasteiger partial charge in [0.25, 0.3) is 0 Å². The Hall–Kier alpha value is -1.78. The van der Waals surface area contributed by atoms with E-state index in [0.717, 1.165) is 0 Å². The van der Waals surface area contributed by atoms with Crippen LogP contribution in [0.4, 0.5) is 15.8 Å². The van der Waals surface area contributed by atoms with Crippen LogP contribution in [0, 0.1) is 5.82 Å². The minimum absolute atomic E-state index is 0.0104. The van der Waals surface area contributed by atoms with Gasteiger partial charge in [-0.05, 0) is 12.1 Å². The molecule has 0 saturated carbocycles. The summed E-state index contributed by atoms with van der Waals surface area (Å²) in [5, 5.41) is 2.61. The minimum atomic E-state index is -0.524. The number of nitrogen functional groups attached to an aromatic ring is 1. The lowest BCUT2D eigenvalue weighted by Crippen LogP contribution is -2.22. The van der Waals surface area contributed by atoms with E-state index in [4.69, 9.17) is 11.5 Å². The highest BCUT2D eigenvalue weighted by molar-refractivity contribution is 5.80. The second-order valence-electron chi connectivity index (χ2n) is 2.52. The van der Waals surface area contributed by atoms with Gasteiger partial charge in [0.05, 0.1) is 17.9 Å². The standard InChI is InChI=1S/C8H10FN3O/c9-5-2-1-3-6(8(5)11)12-4-7(10)13/h1-3,12H,4,11H2,(H2,10,13). The molecule has 0 heterocycles. The SMILES string of the molecule is NC(=O)CNc1cccc(F)c1N. The number of hydrogen-bond donors (Lipinski definition) is 3. The molecule has 1 amide bonds. The Bertz CT molecular complexity index is 327. The van der Waals surface area contributed by atoms with Crippen molar-refractivity contribution in [1.29, 1.82) is 0 Å². The van der Waals surface area contributed by atoms with Crippen molar-refractivity contribution in [3.8, 4) is 0 Å². The summed E-state index contributed by atoms with van der Waals surface area (Å²) in [7, 11) is 0. The number of anilines is 2. The molecule has 0 aliphatic heterocycles. The summed E-state index contributed by atoms with van der Waals surface area (Å²) in [6.07, 6.45) is 0. The fourth-order valence-electron chi connectivity index (χ4n) is 0.874. The van der Waals surface area contributed by atoms with Crippen molar-refractivity contribution in [2.45, 2.75) is 0 Å². The first kappa shape index (κ1) is 9.31. The molecule has 0 aromatic heterocycles. The van der Waals surface area contributed by atoms with Crippen LogP contribution in [-0.4, -0.2) is 12.5 Å². The van der Waals surface area contributed by atoms with Crippen molar-refractivity contribution < 1.29 is 9.18 Å². The Labute approximate surface area is 74.7 Å². The van der Waals surface area contributed by atoms with E-state index >= 15 is 0 Å². The van der Waals surface area contributed by atoms with E-state index in [1.165, 1.54) is 12.1 Å². The molecule has 1 aromatic rings. The molecule has 70 valence electrons. The summed E-state index contributed by atoms with van der Waals surface area (Å²) in [6, 6.07) is 4.31. The maximum atomic E-state index is 12.8. The van der Waals surface area contributed by atoms with Gasteiger partial charge in [0.1, 0.15) is 5.82 Å². The highest BCUT2D eigenvalue weighted by Gasteiger charge is 2.03. The molecule has 0 spiro atoms. The fourth-order valence-corrected chi connectivity index (χ4v) is 0.874. The molecule has 0 fully saturated rings. The van der Waals surface area contributed by atoms with E-state index in [9.17, 15) is 9.18 Å². The van der Waals surface area contributed by atoms with Crippen LogP contribution in [0.25, 0.3) is 0 Å². The van der Waals surface area contributed by atoms with Crippen molar-refractivity contribution in [2.24, 2.45) is 5.73 Å². The van der Waals surface area contributed by atoms with Crippen LogP contribution in [0.1, 0.15) is 0 Å². The molecular formula is C8H10FN3O. The molecule has 0 aliphatic carbocycles. The van der Waals surface area contributed by atoms with E-state index < -0.39 is 11.7 Å². The van der Waals surface area contributed by atoms with E-state index in [1.807, 2.05) is 0 Å². The van der Waals surface area contributed by atoms with Gasteiger partial charge < -0.3 is 16.8 Å². The first-order valence-corrected chi connectivity index (χ1v) is 3.67. The van der Waals surface area contributed by atoms with Gasteiger partial charge >= 0.3 is 0 Å². The quantitative estimate of drug-likeness (QED) is 0.590. The number of nitrogens with two attached hydrogens (primary N) is 2. The number of rotatable bonds is 3. The summed E-state index contributed by atoms with van der Waals surface area (Å²) in [5.74, 6) is -1.04. The van der Waals surface area contributed by atoms with Crippen molar-refractivity contribution in [1.82, 2.24) is 0 Å². The van der Waals surface area contributed by atoms with Gasteiger partial charge in [-0.2, -0.15) is 0 Å². The van der Waals surface area contributed by atoms with Gasteiger partial charge in [-0.1, -0.05) is 6.07 Å². The lowest BCUT2D eigenvalue weighted by Gasteiger charge is -2.07.